The third-order valence-electron chi connectivity index (χ3n) is 4.25. The molecule has 27 heavy (non-hydrogen) atoms. The monoisotopic (exact) mass is 390 g/mol. The molecule has 0 bridgehead atoms. The smallest absolute Gasteiger partial charge is 0.254 e. The van der Waals surface area contributed by atoms with Crippen LogP contribution in [0.4, 0.5) is 0 Å². The lowest BCUT2D eigenvalue weighted by Crippen LogP contribution is -2.36. The summed E-state index contributed by atoms with van der Waals surface area (Å²) in [5, 5.41) is 0. The fourth-order valence-electron chi connectivity index (χ4n) is 2.64. The maximum atomic E-state index is 13.1. The van der Waals surface area contributed by atoms with Crippen LogP contribution in [0.15, 0.2) is 53.4 Å². The van der Waals surface area contributed by atoms with Crippen molar-refractivity contribution in [3.05, 3.63) is 59.7 Å². The van der Waals surface area contributed by atoms with Crippen molar-refractivity contribution in [2.45, 2.75) is 31.3 Å². The minimum atomic E-state index is -3.74. The lowest BCUT2D eigenvalue weighted by atomic mass is 10.1. The first-order valence-corrected chi connectivity index (χ1v) is 10.1. The van der Waals surface area contributed by atoms with E-state index >= 15 is 0 Å². The number of hydrogen-bond donors (Lipinski definition) is 0. The first kappa shape index (κ1) is 20.9. The third-order valence-corrected chi connectivity index (χ3v) is 6.09. The highest BCUT2D eigenvalue weighted by Gasteiger charge is 2.26. The standard InChI is InChI=1S/C20H26N2O4S/c1-15(2)22(14-16-9-7-6-8-10-16)20(23)17-11-12-18(26-5)19(13-17)27(24,25)21(3)4/h6-13,15H,14H2,1-5H3. The molecule has 0 saturated heterocycles. The lowest BCUT2D eigenvalue weighted by molar-refractivity contribution is 0.0690. The predicted octanol–water partition coefficient (Wildman–Crippen LogP) is 3.00. The molecule has 0 unspecified atom stereocenters. The zero-order valence-corrected chi connectivity index (χ0v) is 17.2. The molecule has 1 amide bonds. The number of methoxy groups -OCH3 is 1. The molecule has 0 fully saturated rings. The highest BCUT2D eigenvalue weighted by molar-refractivity contribution is 7.89. The maximum absolute atomic E-state index is 13.1. The molecule has 0 aliphatic rings. The minimum absolute atomic E-state index is 0.0238. The van der Waals surface area contributed by atoms with Crippen LogP contribution >= 0.6 is 0 Å². The van der Waals surface area contributed by atoms with Gasteiger partial charge in [-0.2, -0.15) is 0 Å². The highest BCUT2D eigenvalue weighted by Crippen LogP contribution is 2.28. The summed E-state index contributed by atoms with van der Waals surface area (Å²) in [6.45, 7) is 4.31. The second kappa shape index (κ2) is 8.54. The second-order valence-corrected chi connectivity index (χ2v) is 8.79. The lowest BCUT2D eigenvalue weighted by Gasteiger charge is -2.27. The van der Waals surface area contributed by atoms with Gasteiger partial charge in [-0.15, -0.1) is 0 Å². The van der Waals surface area contributed by atoms with Gasteiger partial charge in [-0.05, 0) is 37.6 Å². The molecule has 2 aromatic rings. The Hall–Kier alpha value is -2.38. The summed E-state index contributed by atoms with van der Waals surface area (Å²) in [5.41, 5.74) is 1.31. The van der Waals surface area contributed by atoms with E-state index in [1.54, 1.807) is 11.0 Å². The number of sulfonamides is 1. The van der Waals surface area contributed by atoms with Gasteiger partial charge in [-0.1, -0.05) is 30.3 Å². The van der Waals surface area contributed by atoms with Crippen LogP contribution < -0.4 is 4.74 Å². The van der Waals surface area contributed by atoms with Crippen LogP contribution in [0.2, 0.25) is 0 Å². The highest BCUT2D eigenvalue weighted by atomic mass is 32.2. The molecule has 0 aliphatic heterocycles. The molecule has 146 valence electrons. The Morgan fingerprint density at radius 3 is 2.22 bits per heavy atom. The number of amides is 1. The number of carbonyl (C=O) groups excluding carboxylic acids is 1. The van der Waals surface area contributed by atoms with Crippen molar-refractivity contribution in [3.63, 3.8) is 0 Å². The maximum Gasteiger partial charge on any atom is 0.254 e. The zero-order valence-electron chi connectivity index (χ0n) is 16.3. The van der Waals surface area contributed by atoms with E-state index in [4.69, 9.17) is 4.74 Å². The Labute approximate surface area is 161 Å². The van der Waals surface area contributed by atoms with Crippen LogP contribution in [0, 0.1) is 0 Å². The topological polar surface area (TPSA) is 66.9 Å². The summed E-state index contributed by atoms with van der Waals surface area (Å²) >= 11 is 0. The number of ether oxygens (including phenoxy) is 1. The molecule has 2 aromatic carbocycles. The molecule has 0 aromatic heterocycles. The summed E-state index contributed by atoms with van der Waals surface area (Å²) in [7, 11) is 0.548. The molecule has 0 aliphatic carbocycles. The Morgan fingerprint density at radius 2 is 1.70 bits per heavy atom. The Kier molecular flexibility index (Phi) is 6.62. The average molecular weight is 391 g/mol. The zero-order chi connectivity index (χ0) is 20.2. The van der Waals surface area contributed by atoms with Gasteiger partial charge in [0.2, 0.25) is 10.0 Å². The Bertz CT molecular complexity index is 893. The van der Waals surface area contributed by atoms with Crippen molar-refractivity contribution in [2.75, 3.05) is 21.2 Å². The minimum Gasteiger partial charge on any atom is -0.495 e. The summed E-state index contributed by atoms with van der Waals surface area (Å²) in [4.78, 5) is 14.8. The Balaban J connectivity index is 2.44. The third kappa shape index (κ3) is 4.67. The molecule has 0 N–H and O–H groups in total. The molecular weight excluding hydrogens is 364 g/mol. The summed E-state index contributed by atoms with van der Waals surface area (Å²) in [5.74, 6) is -0.0221. The van der Waals surface area contributed by atoms with Gasteiger partial charge in [0.15, 0.2) is 0 Å². The van der Waals surface area contributed by atoms with E-state index in [2.05, 4.69) is 0 Å². The van der Waals surface area contributed by atoms with Gasteiger partial charge in [-0.25, -0.2) is 12.7 Å². The summed E-state index contributed by atoms with van der Waals surface area (Å²) < 4.78 is 31.5. The van der Waals surface area contributed by atoms with Crippen LogP contribution in [-0.4, -0.2) is 50.8 Å². The second-order valence-electron chi connectivity index (χ2n) is 6.67. The van der Waals surface area contributed by atoms with E-state index < -0.39 is 10.0 Å². The van der Waals surface area contributed by atoms with Gasteiger partial charge in [0.1, 0.15) is 10.6 Å². The van der Waals surface area contributed by atoms with E-state index in [-0.39, 0.29) is 22.6 Å². The van der Waals surface area contributed by atoms with E-state index in [0.29, 0.717) is 12.1 Å². The largest absolute Gasteiger partial charge is 0.495 e. The molecule has 0 spiro atoms. The fourth-order valence-corrected chi connectivity index (χ4v) is 3.72. The van der Waals surface area contributed by atoms with Crippen molar-refractivity contribution in [3.8, 4) is 5.75 Å². The van der Waals surface area contributed by atoms with Crippen LogP contribution in [-0.2, 0) is 16.6 Å². The predicted molar refractivity (Wildman–Crippen MR) is 105 cm³/mol. The van der Waals surface area contributed by atoms with Gasteiger partial charge < -0.3 is 9.64 Å². The van der Waals surface area contributed by atoms with Gasteiger partial charge in [0, 0.05) is 32.2 Å². The SMILES string of the molecule is COc1ccc(C(=O)N(Cc2ccccc2)C(C)C)cc1S(=O)(=O)N(C)C. The van der Waals surface area contributed by atoms with E-state index in [0.717, 1.165) is 9.87 Å². The van der Waals surface area contributed by atoms with Crippen LogP contribution in [0.1, 0.15) is 29.8 Å². The molecular formula is C20H26N2O4S. The van der Waals surface area contributed by atoms with Gasteiger partial charge in [-0.3, -0.25) is 4.79 Å². The van der Waals surface area contributed by atoms with Crippen LogP contribution in [0.5, 0.6) is 5.75 Å². The van der Waals surface area contributed by atoms with Crippen molar-refractivity contribution in [1.82, 2.24) is 9.21 Å². The molecule has 0 atom stereocenters. The first-order chi connectivity index (χ1) is 12.7. The molecule has 0 heterocycles. The molecule has 0 radical (unpaired) electrons. The van der Waals surface area contributed by atoms with Crippen molar-refractivity contribution >= 4 is 15.9 Å². The van der Waals surface area contributed by atoms with Crippen molar-refractivity contribution in [1.29, 1.82) is 0 Å². The summed E-state index contributed by atoms with van der Waals surface area (Å²) in [6.07, 6.45) is 0. The summed E-state index contributed by atoms with van der Waals surface area (Å²) in [6, 6.07) is 14.1. The quantitative estimate of drug-likeness (QED) is 0.729. The number of hydrogen-bond acceptors (Lipinski definition) is 4. The number of benzene rings is 2. The van der Waals surface area contributed by atoms with E-state index in [1.165, 1.54) is 33.3 Å². The van der Waals surface area contributed by atoms with Crippen LogP contribution in [0.3, 0.4) is 0 Å². The average Bonchev–Trinajstić information content (AvgIpc) is 2.65. The normalized spacial score (nSPS) is 11.7. The van der Waals surface area contributed by atoms with Crippen LogP contribution in [0.25, 0.3) is 0 Å². The van der Waals surface area contributed by atoms with Crippen molar-refractivity contribution in [2.24, 2.45) is 0 Å². The van der Waals surface area contributed by atoms with Gasteiger partial charge >= 0.3 is 0 Å². The van der Waals surface area contributed by atoms with E-state index in [9.17, 15) is 13.2 Å². The van der Waals surface area contributed by atoms with Gasteiger partial charge in [0.25, 0.3) is 5.91 Å². The fraction of sp³-hybridized carbons (Fsp3) is 0.350. The van der Waals surface area contributed by atoms with E-state index in [1.807, 2.05) is 44.2 Å². The number of carbonyl (C=O) groups is 1. The molecule has 0 saturated carbocycles. The first-order valence-electron chi connectivity index (χ1n) is 8.64. The number of rotatable bonds is 7. The van der Waals surface area contributed by atoms with Gasteiger partial charge in [0.05, 0.1) is 7.11 Å². The molecule has 7 heteroatoms. The Morgan fingerprint density at radius 1 is 1.07 bits per heavy atom. The van der Waals surface area contributed by atoms with Crippen molar-refractivity contribution < 1.29 is 17.9 Å². The molecule has 2 rings (SSSR count). The number of nitrogens with zero attached hydrogens (tertiary/aromatic N) is 2. The molecule has 6 nitrogen and oxygen atoms in total.